The van der Waals surface area contributed by atoms with Gasteiger partial charge in [0.15, 0.2) is 0 Å². The SMILES string of the molecule is CCc1ccc(CNC(=O)C(=O)Nc2cc(C(F)(F)F)ccc2Cl)cc1. The van der Waals surface area contributed by atoms with E-state index in [1.165, 1.54) is 0 Å². The molecule has 0 aliphatic carbocycles. The van der Waals surface area contributed by atoms with E-state index in [1.807, 2.05) is 31.2 Å². The fourth-order valence-corrected chi connectivity index (χ4v) is 2.30. The van der Waals surface area contributed by atoms with E-state index in [-0.39, 0.29) is 17.3 Å². The Kier molecular flexibility index (Phi) is 6.26. The fraction of sp³-hybridized carbons (Fsp3) is 0.222. The summed E-state index contributed by atoms with van der Waals surface area (Å²) in [5, 5.41) is 4.40. The number of hydrogen-bond donors (Lipinski definition) is 2. The van der Waals surface area contributed by atoms with Crippen molar-refractivity contribution >= 4 is 29.1 Å². The van der Waals surface area contributed by atoms with Gasteiger partial charge in [0.25, 0.3) is 0 Å². The summed E-state index contributed by atoms with van der Waals surface area (Å²) >= 11 is 5.78. The molecule has 0 unspecified atom stereocenters. The van der Waals surface area contributed by atoms with Gasteiger partial charge in [-0.15, -0.1) is 0 Å². The molecule has 0 radical (unpaired) electrons. The summed E-state index contributed by atoms with van der Waals surface area (Å²) in [6, 6.07) is 9.93. The van der Waals surface area contributed by atoms with Crippen LogP contribution in [0.2, 0.25) is 5.02 Å². The molecule has 0 spiro atoms. The number of hydrogen-bond acceptors (Lipinski definition) is 2. The summed E-state index contributed by atoms with van der Waals surface area (Å²) in [6.07, 6.45) is -3.70. The lowest BCUT2D eigenvalue weighted by molar-refractivity contribution is -0.137. The molecule has 2 aromatic rings. The zero-order valence-electron chi connectivity index (χ0n) is 13.8. The lowest BCUT2D eigenvalue weighted by atomic mass is 10.1. The van der Waals surface area contributed by atoms with Gasteiger partial charge in [-0.25, -0.2) is 0 Å². The van der Waals surface area contributed by atoms with Gasteiger partial charge in [-0.05, 0) is 35.7 Å². The van der Waals surface area contributed by atoms with Crippen LogP contribution < -0.4 is 10.6 Å². The first kappa shape index (κ1) is 19.8. The zero-order valence-corrected chi connectivity index (χ0v) is 14.5. The van der Waals surface area contributed by atoms with E-state index in [0.717, 1.165) is 29.7 Å². The van der Waals surface area contributed by atoms with E-state index in [9.17, 15) is 22.8 Å². The second kappa shape index (κ2) is 8.23. The van der Waals surface area contributed by atoms with Crippen molar-refractivity contribution in [3.8, 4) is 0 Å². The molecular formula is C18H16ClF3N2O2. The third kappa shape index (κ3) is 5.23. The van der Waals surface area contributed by atoms with E-state index in [1.54, 1.807) is 0 Å². The monoisotopic (exact) mass is 384 g/mol. The Labute approximate surface area is 153 Å². The predicted octanol–water partition coefficient (Wildman–Crippen LogP) is 4.18. The Bertz CT molecular complexity index is 805. The average molecular weight is 385 g/mol. The summed E-state index contributed by atoms with van der Waals surface area (Å²) in [6.45, 7) is 2.13. The molecule has 26 heavy (non-hydrogen) atoms. The van der Waals surface area contributed by atoms with E-state index in [4.69, 9.17) is 11.6 Å². The summed E-state index contributed by atoms with van der Waals surface area (Å²) in [5.41, 5.74) is 0.667. The van der Waals surface area contributed by atoms with E-state index < -0.39 is 23.6 Å². The largest absolute Gasteiger partial charge is 0.416 e. The van der Waals surface area contributed by atoms with Crippen molar-refractivity contribution in [1.29, 1.82) is 0 Å². The Morgan fingerprint density at radius 2 is 1.62 bits per heavy atom. The number of rotatable bonds is 4. The third-order valence-corrected chi connectivity index (χ3v) is 3.96. The van der Waals surface area contributed by atoms with Crippen molar-refractivity contribution in [1.82, 2.24) is 5.32 Å². The lowest BCUT2D eigenvalue weighted by Crippen LogP contribution is -2.35. The van der Waals surface area contributed by atoms with Gasteiger partial charge >= 0.3 is 18.0 Å². The first-order chi connectivity index (χ1) is 12.2. The Morgan fingerprint density at radius 1 is 1.00 bits per heavy atom. The highest BCUT2D eigenvalue weighted by atomic mass is 35.5. The molecule has 2 amide bonds. The van der Waals surface area contributed by atoms with Gasteiger partial charge in [-0.2, -0.15) is 13.2 Å². The predicted molar refractivity (Wildman–Crippen MR) is 92.8 cm³/mol. The van der Waals surface area contributed by atoms with Gasteiger partial charge in [0.1, 0.15) is 0 Å². The van der Waals surface area contributed by atoms with Gasteiger partial charge in [0, 0.05) is 6.54 Å². The standard InChI is InChI=1S/C18H16ClF3N2O2/c1-2-11-3-5-12(6-4-11)10-23-16(25)17(26)24-15-9-13(18(20,21)22)7-8-14(15)19/h3-9H,2,10H2,1H3,(H,23,25)(H,24,26). The first-order valence-electron chi connectivity index (χ1n) is 7.74. The number of carbonyl (C=O) groups is 2. The molecular weight excluding hydrogens is 369 g/mol. The van der Waals surface area contributed by atoms with Crippen LogP contribution in [0.25, 0.3) is 0 Å². The summed E-state index contributed by atoms with van der Waals surface area (Å²) in [4.78, 5) is 23.7. The number of amides is 2. The summed E-state index contributed by atoms with van der Waals surface area (Å²) in [7, 11) is 0. The molecule has 2 N–H and O–H groups in total. The maximum Gasteiger partial charge on any atom is 0.416 e. The molecule has 0 aliphatic heterocycles. The summed E-state index contributed by atoms with van der Waals surface area (Å²) < 4.78 is 38.2. The molecule has 4 nitrogen and oxygen atoms in total. The highest BCUT2D eigenvalue weighted by molar-refractivity contribution is 6.41. The molecule has 0 aliphatic rings. The highest BCUT2D eigenvalue weighted by Gasteiger charge is 2.31. The average Bonchev–Trinajstić information content (AvgIpc) is 2.60. The molecule has 0 saturated heterocycles. The van der Waals surface area contributed by atoms with Crippen LogP contribution in [0.15, 0.2) is 42.5 Å². The van der Waals surface area contributed by atoms with Gasteiger partial charge in [-0.1, -0.05) is 42.8 Å². The molecule has 138 valence electrons. The fourth-order valence-electron chi connectivity index (χ4n) is 2.13. The van der Waals surface area contributed by atoms with Crippen molar-refractivity contribution < 1.29 is 22.8 Å². The van der Waals surface area contributed by atoms with E-state index in [0.29, 0.717) is 6.07 Å². The van der Waals surface area contributed by atoms with Crippen molar-refractivity contribution in [2.24, 2.45) is 0 Å². The second-order valence-electron chi connectivity index (χ2n) is 5.50. The van der Waals surface area contributed by atoms with Crippen LogP contribution in [0.4, 0.5) is 18.9 Å². The van der Waals surface area contributed by atoms with Gasteiger partial charge in [0.05, 0.1) is 16.3 Å². The zero-order chi connectivity index (χ0) is 19.3. The number of carbonyl (C=O) groups excluding carboxylic acids is 2. The molecule has 2 aromatic carbocycles. The van der Waals surface area contributed by atoms with E-state index in [2.05, 4.69) is 10.6 Å². The van der Waals surface area contributed by atoms with E-state index >= 15 is 0 Å². The van der Waals surface area contributed by atoms with Crippen LogP contribution in [-0.2, 0) is 28.7 Å². The number of benzene rings is 2. The molecule has 0 fully saturated rings. The molecule has 0 aromatic heterocycles. The molecule has 0 saturated carbocycles. The quantitative estimate of drug-likeness (QED) is 0.777. The number of alkyl halides is 3. The molecule has 8 heteroatoms. The van der Waals surface area contributed by atoms with Crippen LogP contribution in [0, 0.1) is 0 Å². The maximum absolute atomic E-state index is 12.7. The molecule has 0 heterocycles. The van der Waals surface area contributed by atoms with Crippen molar-refractivity contribution in [3.05, 3.63) is 64.2 Å². The van der Waals surface area contributed by atoms with Crippen molar-refractivity contribution in [2.75, 3.05) is 5.32 Å². The molecule has 0 bridgehead atoms. The minimum Gasteiger partial charge on any atom is -0.344 e. The Hall–Kier alpha value is -2.54. The van der Waals surface area contributed by atoms with Gasteiger partial charge < -0.3 is 10.6 Å². The van der Waals surface area contributed by atoms with Gasteiger partial charge in [0.2, 0.25) is 0 Å². The molecule has 0 atom stereocenters. The smallest absolute Gasteiger partial charge is 0.344 e. The summed E-state index contributed by atoms with van der Waals surface area (Å²) in [5.74, 6) is -2.07. The minimum absolute atomic E-state index is 0.102. The number of nitrogens with one attached hydrogen (secondary N) is 2. The van der Waals surface area contributed by atoms with Gasteiger partial charge in [-0.3, -0.25) is 9.59 Å². The van der Waals surface area contributed by atoms with Crippen LogP contribution in [0.3, 0.4) is 0 Å². The number of aryl methyl sites for hydroxylation is 1. The Balaban J connectivity index is 1.99. The number of anilines is 1. The highest BCUT2D eigenvalue weighted by Crippen LogP contribution is 2.33. The van der Waals surface area contributed by atoms with Crippen molar-refractivity contribution in [3.63, 3.8) is 0 Å². The third-order valence-electron chi connectivity index (χ3n) is 3.63. The second-order valence-corrected chi connectivity index (χ2v) is 5.91. The van der Waals surface area contributed by atoms with Crippen LogP contribution in [-0.4, -0.2) is 11.8 Å². The van der Waals surface area contributed by atoms with Crippen LogP contribution >= 0.6 is 11.6 Å². The minimum atomic E-state index is -4.59. The normalized spacial score (nSPS) is 11.1. The van der Waals surface area contributed by atoms with Crippen molar-refractivity contribution in [2.45, 2.75) is 26.1 Å². The van der Waals surface area contributed by atoms with Crippen LogP contribution in [0.1, 0.15) is 23.6 Å². The Morgan fingerprint density at radius 3 is 2.19 bits per heavy atom. The number of halogens is 4. The van der Waals surface area contributed by atoms with Crippen LogP contribution in [0.5, 0.6) is 0 Å². The molecule has 2 rings (SSSR count). The topological polar surface area (TPSA) is 58.2 Å². The lowest BCUT2D eigenvalue weighted by Gasteiger charge is -2.11. The maximum atomic E-state index is 12.7. The first-order valence-corrected chi connectivity index (χ1v) is 8.12.